The van der Waals surface area contributed by atoms with Gasteiger partial charge in [0.05, 0.1) is 0 Å². The van der Waals surface area contributed by atoms with Crippen LogP contribution in [0.4, 0.5) is 0 Å². The summed E-state index contributed by atoms with van der Waals surface area (Å²) in [6.45, 7) is 2.24. The molecule has 1 heterocycles. The molecule has 0 aromatic carbocycles. The molecule has 5 heavy (non-hydrogen) atoms. The van der Waals surface area contributed by atoms with Gasteiger partial charge >= 0.3 is 0 Å². The molecule has 0 saturated carbocycles. The molecule has 1 unspecified atom stereocenters. The smallest absolute Gasteiger partial charge is 0.0110 e. The maximum Gasteiger partial charge on any atom is 0.0110 e. The molecule has 0 amide bonds. The van der Waals surface area contributed by atoms with Crippen LogP contribution >= 0.6 is 11.8 Å². The summed E-state index contributed by atoms with van der Waals surface area (Å²) in [6, 6.07) is 0. The van der Waals surface area contributed by atoms with Gasteiger partial charge in [-0.2, -0.15) is 11.8 Å². The molecule has 0 aromatic rings. The third kappa shape index (κ3) is 2.10. The van der Waals surface area contributed by atoms with E-state index in [4.69, 9.17) is 0 Å². The van der Waals surface area contributed by atoms with Crippen LogP contribution in [0, 0.1) is 0 Å². The van der Waals surface area contributed by atoms with Gasteiger partial charge in [-0.3, -0.25) is 0 Å². The number of thioether (sulfide) groups is 1. The van der Waals surface area contributed by atoms with Crippen LogP contribution in [0.25, 0.3) is 0 Å². The zero-order chi connectivity index (χ0) is 2.99. The lowest BCUT2D eigenvalue weighted by molar-refractivity contribution is 0.824. The van der Waals surface area contributed by atoms with Crippen LogP contribution in [0.3, 0.4) is 0 Å². The van der Waals surface area contributed by atoms with E-state index in [1.165, 1.54) is 5.75 Å². The second-order valence-electron chi connectivity index (χ2n) is 1.14. The molecule has 0 spiro atoms. The van der Waals surface area contributed by atoms with Gasteiger partial charge in [-0.1, -0.05) is 6.92 Å². The van der Waals surface area contributed by atoms with Gasteiger partial charge in [-0.15, -0.1) is 0 Å². The van der Waals surface area contributed by atoms with Crippen molar-refractivity contribution in [3.8, 4) is 0 Å². The standard InChI is InChI=1S/C3H6S.H2O/c1-3-2-4-3;/h3H,2H2,1H3;1H2. The summed E-state index contributed by atoms with van der Waals surface area (Å²) in [5.41, 5.74) is 0. The normalized spacial score (nSPS) is 31.8. The minimum atomic E-state index is 0. The molecule has 1 aliphatic heterocycles. The van der Waals surface area contributed by atoms with Crippen molar-refractivity contribution in [1.82, 2.24) is 0 Å². The van der Waals surface area contributed by atoms with E-state index in [1.807, 2.05) is 11.8 Å². The second-order valence-corrected chi connectivity index (χ2v) is 2.62. The molecule has 1 atom stereocenters. The molecule has 1 fully saturated rings. The Hall–Kier alpha value is 0.310. The number of hydrogen-bond acceptors (Lipinski definition) is 1. The highest BCUT2D eigenvalue weighted by Crippen LogP contribution is 2.28. The van der Waals surface area contributed by atoms with E-state index in [-0.39, 0.29) is 5.48 Å². The minimum absolute atomic E-state index is 0. The van der Waals surface area contributed by atoms with Crippen molar-refractivity contribution in [2.45, 2.75) is 12.2 Å². The van der Waals surface area contributed by atoms with E-state index >= 15 is 0 Å². The first-order chi connectivity index (χ1) is 1.89. The largest absolute Gasteiger partial charge is 0.412 e. The summed E-state index contributed by atoms with van der Waals surface area (Å²) in [6.07, 6.45) is 0. The maximum absolute atomic E-state index is 2.24. The number of hydrogen-bond donors (Lipinski definition) is 0. The molecule has 2 heteroatoms. The van der Waals surface area contributed by atoms with E-state index in [0.29, 0.717) is 0 Å². The van der Waals surface area contributed by atoms with Gasteiger partial charge in [0, 0.05) is 11.0 Å². The Morgan fingerprint density at radius 2 is 2.00 bits per heavy atom. The van der Waals surface area contributed by atoms with Gasteiger partial charge in [0.15, 0.2) is 0 Å². The Morgan fingerprint density at radius 3 is 2.00 bits per heavy atom. The van der Waals surface area contributed by atoms with Crippen molar-refractivity contribution in [2.24, 2.45) is 0 Å². The molecule has 0 aliphatic carbocycles. The van der Waals surface area contributed by atoms with E-state index in [1.54, 1.807) is 0 Å². The summed E-state index contributed by atoms with van der Waals surface area (Å²) >= 11 is 2.02. The van der Waals surface area contributed by atoms with E-state index in [2.05, 4.69) is 6.92 Å². The zero-order valence-corrected chi connectivity index (χ0v) is 4.01. The molecule has 2 N–H and O–H groups in total. The zero-order valence-electron chi connectivity index (χ0n) is 3.19. The fourth-order valence-corrected chi connectivity index (χ4v) is 0.289. The lowest BCUT2D eigenvalue weighted by Crippen LogP contribution is -1.57. The third-order valence-electron chi connectivity index (χ3n) is 0.500. The molecular weight excluding hydrogens is 84.1 g/mol. The average molecular weight is 92.2 g/mol. The first-order valence-corrected chi connectivity index (χ1v) is 2.56. The maximum atomic E-state index is 2.24. The fraction of sp³-hybridized carbons (Fsp3) is 1.00. The molecule has 0 bridgehead atoms. The van der Waals surface area contributed by atoms with Crippen molar-refractivity contribution in [1.29, 1.82) is 0 Å². The fourth-order valence-electron chi connectivity index (χ4n) is 0.0962. The predicted molar refractivity (Wildman–Crippen MR) is 25.5 cm³/mol. The van der Waals surface area contributed by atoms with Crippen molar-refractivity contribution in [3.05, 3.63) is 0 Å². The molecule has 1 nitrogen and oxygen atoms in total. The van der Waals surface area contributed by atoms with Gasteiger partial charge in [0.25, 0.3) is 0 Å². The second kappa shape index (κ2) is 1.67. The Kier molecular flexibility index (Phi) is 1.78. The van der Waals surface area contributed by atoms with Crippen molar-refractivity contribution in [2.75, 3.05) is 5.75 Å². The first kappa shape index (κ1) is 5.31. The summed E-state index contributed by atoms with van der Waals surface area (Å²) in [4.78, 5) is 0. The molecule has 1 rings (SSSR count). The van der Waals surface area contributed by atoms with Crippen LogP contribution in [-0.4, -0.2) is 16.5 Å². The monoisotopic (exact) mass is 92.0 g/mol. The Labute approximate surface area is 36.1 Å². The van der Waals surface area contributed by atoms with Crippen molar-refractivity contribution >= 4 is 11.8 Å². The third-order valence-corrected chi connectivity index (χ3v) is 1.50. The molecule has 0 radical (unpaired) electrons. The minimum Gasteiger partial charge on any atom is -0.412 e. The highest BCUT2D eigenvalue weighted by molar-refractivity contribution is 8.06. The van der Waals surface area contributed by atoms with Crippen LogP contribution in [0.2, 0.25) is 0 Å². The highest BCUT2D eigenvalue weighted by Gasteiger charge is 2.13. The van der Waals surface area contributed by atoms with Gasteiger partial charge < -0.3 is 5.48 Å². The summed E-state index contributed by atoms with van der Waals surface area (Å²) in [7, 11) is 0. The van der Waals surface area contributed by atoms with E-state index in [0.717, 1.165) is 5.25 Å². The summed E-state index contributed by atoms with van der Waals surface area (Å²) < 4.78 is 0. The molecule has 0 aromatic heterocycles. The Balaban J connectivity index is 0.000000160. The Morgan fingerprint density at radius 1 is 1.80 bits per heavy atom. The molecule has 1 aliphatic rings. The van der Waals surface area contributed by atoms with Crippen molar-refractivity contribution < 1.29 is 5.48 Å². The van der Waals surface area contributed by atoms with Crippen LogP contribution in [0.1, 0.15) is 6.92 Å². The lowest BCUT2D eigenvalue weighted by Gasteiger charge is -1.50. The van der Waals surface area contributed by atoms with E-state index < -0.39 is 0 Å². The van der Waals surface area contributed by atoms with Crippen LogP contribution in [0.15, 0.2) is 0 Å². The quantitative estimate of drug-likeness (QED) is 0.395. The van der Waals surface area contributed by atoms with E-state index in [9.17, 15) is 0 Å². The molecule has 32 valence electrons. The van der Waals surface area contributed by atoms with Crippen LogP contribution in [0.5, 0.6) is 0 Å². The predicted octanol–water partition coefficient (Wildman–Crippen LogP) is 0.297. The topological polar surface area (TPSA) is 31.5 Å². The van der Waals surface area contributed by atoms with Gasteiger partial charge in [-0.25, -0.2) is 0 Å². The first-order valence-electron chi connectivity index (χ1n) is 1.51. The molecular formula is C3H8OS. The van der Waals surface area contributed by atoms with Crippen LogP contribution in [-0.2, 0) is 0 Å². The van der Waals surface area contributed by atoms with Gasteiger partial charge in [0.1, 0.15) is 0 Å². The summed E-state index contributed by atoms with van der Waals surface area (Å²) in [5.74, 6) is 1.40. The lowest BCUT2D eigenvalue weighted by atomic mass is 10.6. The Bertz CT molecular complexity index is 26.1. The summed E-state index contributed by atoms with van der Waals surface area (Å²) in [5, 5.41) is 1.000. The van der Waals surface area contributed by atoms with Crippen molar-refractivity contribution in [3.63, 3.8) is 0 Å². The SMILES string of the molecule is CC1CS1.O. The average Bonchev–Trinajstić information content (AvgIpc) is 1.75. The van der Waals surface area contributed by atoms with Gasteiger partial charge in [0.2, 0.25) is 0 Å². The number of rotatable bonds is 0. The van der Waals surface area contributed by atoms with Gasteiger partial charge in [-0.05, 0) is 0 Å². The van der Waals surface area contributed by atoms with Crippen LogP contribution < -0.4 is 0 Å². The highest BCUT2D eigenvalue weighted by atomic mass is 32.2. The molecule has 1 saturated heterocycles.